The molecule has 1 N–H and O–H groups in total. The summed E-state index contributed by atoms with van der Waals surface area (Å²) in [7, 11) is 0. The molecule has 0 aromatic heterocycles. The number of nitrogens with zero attached hydrogens (tertiary/aromatic N) is 1. The van der Waals surface area contributed by atoms with Crippen molar-refractivity contribution in [1.82, 2.24) is 5.43 Å². The van der Waals surface area contributed by atoms with Gasteiger partial charge < -0.3 is 4.74 Å². The Hall–Kier alpha value is -0.880. The Bertz CT molecular complexity index is 522. The van der Waals surface area contributed by atoms with Crippen molar-refractivity contribution < 1.29 is 9.53 Å². The number of benzene rings is 1. The van der Waals surface area contributed by atoms with Crippen LogP contribution < -0.4 is 10.2 Å². The number of carbonyl (C=O) groups is 1. The lowest BCUT2D eigenvalue weighted by Crippen LogP contribution is -2.25. The Morgan fingerprint density at radius 2 is 2.05 bits per heavy atom. The highest BCUT2D eigenvalue weighted by Crippen LogP contribution is 2.32. The van der Waals surface area contributed by atoms with Crippen molar-refractivity contribution in [2.24, 2.45) is 5.10 Å². The SMILES string of the molecule is CCCCC/C(C)=N/NC(=O)COc1c(C)cc(Br)cc1Br. The quantitative estimate of drug-likeness (QED) is 0.357. The topological polar surface area (TPSA) is 50.7 Å². The van der Waals surface area contributed by atoms with Crippen LogP contribution in [0.1, 0.15) is 45.1 Å². The molecule has 1 aromatic rings. The summed E-state index contributed by atoms with van der Waals surface area (Å²) in [6.45, 7) is 5.95. The molecule has 0 aliphatic carbocycles. The fraction of sp³-hybridized carbons (Fsp3) is 0.500. The van der Waals surface area contributed by atoms with E-state index in [-0.39, 0.29) is 12.5 Å². The standard InChI is InChI=1S/C16H22Br2N2O2/c1-4-5-6-7-12(3)19-20-15(21)10-22-16-11(2)8-13(17)9-14(16)18/h8-9H,4-7,10H2,1-3H3,(H,20,21)/b19-12+. The van der Waals surface area contributed by atoms with Crippen LogP contribution >= 0.6 is 31.9 Å². The van der Waals surface area contributed by atoms with E-state index in [1.165, 1.54) is 12.8 Å². The van der Waals surface area contributed by atoms with Crippen LogP contribution in [0, 0.1) is 6.92 Å². The number of hydrogen-bond acceptors (Lipinski definition) is 3. The van der Waals surface area contributed by atoms with Crippen LogP contribution in [0.25, 0.3) is 0 Å². The molecule has 0 bridgehead atoms. The fourth-order valence-electron chi connectivity index (χ4n) is 1.89. The Labute approximate surface area is 149 Å². The van der Waals surface area contributed by atoms with E-state index in [1.54, 1.807) is 0 Å². The fourth-order valence-corrected chi connectivity index (χ4v) is 3.44. The van der Waals surface area contributed by atoms with Gasteiger partial charge in [-0.25, -0.2) is 5.43 Å². The molecule has 0 heterocycles. The van der Waals surface area contributed by atoms with Crippen LogP contribution in [0.4, 0.5) is 0 Å². The summed E-state index contributed by atoms with van der Waals surface area (Å²) in [5.74, 6) is 0.408. The van der Waals surface area contributed by atoms with Crippen molar-refractivity contribution in [2.75, 3.05) is 6.61 Å². The Balaban J connectivity index is 2.45. The van der Waals surface area contributed by atoms with E-state index in [1.807, 2.05) is 26.0 Å². The molecule has 1 rings (SSSR count). The summed E-state index contributed by atoms with van der Waals surface area (Å²) in [6, 6.07) is 3.82. The maximum atomic E-state index is 11.8. The molecule has 4 nitrogen and oxygen atoms in total. The van der Waals surface area contributed by atoms with Gasteiger partial charge in [0, 0.05) is 10.2 Å². The van der Waals surface area contributed by atoms with E-state index >= 15 is 0 Å². The van der Waals surface area contributed by atoms with Gasteiger partial charge in [-0.3, -0.25) is 4.79 Å². The molecule has 0 saturated heterocycles. The third-order valence-electron chi connectivity index (χ3n) is 3.06. The summed E-state index contributed by atoms with van der Waals surface area (Å²) in [6.07, 6.45) is 4.37. The first-order valence-corrected chi connectivity index (χ1v) is 8.93. The predicted molar refractivity (Wildman–Crippen MR) is 97.5 cm³/mol. The van der Waals surface area contributed by atoms with Gasteiger partial charge >= 0.3 is 0 Å². The lowest BCUT2D eigenvalue weighted by molar-refractivity contribution is -0.123. The van der Waals surface area contributed by atoms with Crippen LogP contribution in [0.2, 0.25) is 0 Å². The smallest absolute Gasteiger partial charge is 0.277 e. The lowest BCUT2D eigenvalue weighted by Gasteiger charge is -2.11. The molecule has 22 heavy (non-hydrogen) atoms. The highest BCUT2D eigenvalue weighted by Gasteiger charge is 2.09. The second-order valence-corrected chi connectivity index (χ2v) is 6.93. The summed E-state index contributed by atoms with van der Waals surface area (Å²) in [4.78, 5) is 11.8. The Kier molecular flexibility index (Phi) is 8.71. The molecular weight excluding hydrogens is 412 g/mol. The number of amides is 1. The minimum Gasteiger partial charge on any atom is -0.482 e. The molecule has 0 unspecified atom stereocenters. The molecule has 6 heteroatoms. The van der Waals surface area contributed by atoms with Crippen LogP contribution in [-0.4, -0.2) is 18.2 Å². The Morgan fingerprint density at radius 1 is 1.32 bits per heavy atom. The summed E-state index contributed by atoms with van der Waals surface area (Å²) < 4.78 is 7.34. The molecule has 0 aliphatic rings. The van der Waals surface area contributed by atoms with Gasteiger partial charge in [0.25, 0.3) is 5.91 Å². The van der Waals surface area contributed by atoms with Gasteiger partial charge in [-0.05, 0) is 60.3 Å². The lowest BCUT2D eigenvalue weighted by atomic mass is 10.1. The van der Waals surface area contributed by atoms with Crippen LogP contribution in [-0.2, 0) is 4.79 Å². The summed E-state index contributed by atoms with van der Waals surface area (Å²) in [5, 5.41) is 4.09. The van der Waals surface area contributed by atoms with E-state index < -0.39 is 0 Å². The number of ether oxygens (including phenoxy) is 1. The number of halogens is 2. The van der Waals surface area contributed by atoms with Gasteiger partial charge in [0.05, 0.1) is 4.47 Å². The number of rotatable bonds is 8. The first-order chi connectivity index (χ1) is 10.4. The highest BCUT2D eigenvalue weighted by atomic mass is 79.9. The van der Waals surface area contributed by atoms with E-state index in [0.717, 1.165) is 33.1 Å². The number of aryl methyl sites for hydroxylation is 1. The predicted octanol–water partition coefficient (Wildman–Crippen LogP) is 4.97. The molecule has 0 spiro atoms. The van der Waals surface area contributed by atoms with Gasteiger partial charge in [0.15, 0.2) is 6.61 Å². The summed E-state index contributed by atoms with van der Waals surface area (Å²) in [5.41, 5.74) is 4.41. The van der Waals surface area contributed by atoms with E-state index in [9.17, 15) is 4.79 Å². The molecule has 0 aliphatic heterocycles. The van der Waals surface area contributed by atoms with Crippen LogP contribution in [0.3, 0.4) is 0 Å². The molecule has 1 amide bonds. The third kappa shape index (κ3) is 6.92. The first kappa shape index (κ1) is 19.2. The molecule has 1 aromatic carbocycles. The number of carbonyl (C=O) groups excluding carboxylic acids is 1. The molecule has 0 radical (unpaired) electrons. The summed E-state index contributed by atoms with van der Waals surface area (Å²) >= 11 is 6.84. The monoisotopic (exact) mass is 432 g/mol. The molecule has 0 atom stereocenters. The van der Waals surface area contributed by atoms with Crippen LogP contribution in [0.15, 0.2) is 26.2 Å². The highest BCUT2D eigenvalue weighted by molar-refractivity contribution is 9.11. The normalized spacial score (nSPS) is 11.4. The van der Waals surface area contributed by atoms with E-state index in [4.69, 9.17) is 4.74 Å². The van der Waals surface area contributed by atoms with Crippen molar-refractivity contribution in [3.63, 3.8) is 0 Å². The average Bonchev–Trinajstić information content (AvgIpc) is 2.44. The minimum atomic E-state index is -0.260. The largest absolute Gasteiger partial charge is 0.482 e. The average molecular weight is 434 g/mol. The van der Waals surface area contributed by atoms with Crippen molar-refractivity contribution in [3.05, 3.63) is 26.6 Å². The van der Waals surface area contributed by atoms with Crippen molar-refractivity contribution >= 4 is 43.5 Å². The zero-order chi connectivity index (χ0) is 16.5. The number of hydrogen-bond donors (Lipinski definition) is 1. The van der Waals surface area contributed by atoms with Crippen molar-refractivity contribution in [2.45, 2.75) is 46.5 Å². The number of hydrazone groups is 1. The zero-order valence-electron chi connectivity index (χ0n) is 13.2. The molecule has 0 saturated carbocycles. The second kappa shape index (κ2) is 10.0. The van der Waals surface area contributed by atoms with Gasteiger partial charge in [0.2, 0.25) is 0 Å². The minimum absolute atomic E-state index is 0.0627. The van der Waals surface area contributed by atoms with Gasteiger partial charge in [-0.2, -0.15) is 5.10 Å². The second-order valence-electron chi connectivity index (χ2n) is 5.16. The number of unbranched alkanes of at least 4 members (excludes halogenated alkanes) is 2. The van der Waals surface area contributed by atoms with Gasteiger partial charge in [-0.15, -0.1) is 0 Å². The van der Waals surface area contributed by atoms with Crippen molar-refractivity contribution in [1.29, 1.82) is 0 Å². The van der Waals surface area contributed by atoms with E-state index in [0.29, 0.717) is 5.75 Å². The van der Waals surface area contributed by atoms with Gasteiger partial charge in [0.1, 0.15) is 5.75 Å². The van der Waals surface area contributed by atoms with Crippen LogP contribution in [0.5, 0.6) is 5.75 Å². The maximum Gasteiger partial charge on any atom is 0.277 e. The Morgan fingerprint density at radius 3 is 2.68 bits per heavy atom. The molecular formula is C16H22Br2N2O2. The first-order valence-electron chi connectivity index (χ1n) is 7.34. The maximum absolute atomic E-state index is 11.8. The number of nitrogens with one attached hydrogen (secondary N) is 1. The zero-order valence-corrected chi connectivity index (χ0v) is 16.4. The third-order valence-corrected chi connectivity index (χ3v) is 4.10. The van der Waals surface area contributed by atoms with E-state index in [2.05, 4.69) is 49.3 Å². The van der Waals surface area contributed by atoms with Crippen molar-refractivity contribution in [3.8, 4) is 5.75 Å². The molecule has 0 fully saturated rings. The molecule has 122 valence electrons. The van der Waals surface area contributed by atoms with Gasteiger partial charge in [-0.1, -0.05) is 35.7 Å².